The standard InChI is InChI=1S/C20H19N5O3S/c21-19-18(22-10-11-23-19)20(26)24-15-7-3-8-16(13-15)29(27,28)25-12-4-6-14-5-1-2-9-17(14)25/h1-3,5,7-11,13H,4,6,12H2,(H2,21,23)(H,24,26). The van der Waals surface area contributed by atoms with Crippen LogP contribution in [-0.2, 0) is 16.4 Å². The number of para-hydroxylation sites is 1. The number of nitrogen functional groups attached to an aromatic ring is 1. The second kappa shape index (κ2) is 7.51. The van der Waals surface area contributed by atoms with Crippen LogP contribution >= 0.6 is 0 Å². The number of fused-ring (bicyclic) bond motifs is 1. The summed E-state index contributed by atoms with van der Waals surface area (Å²) in [5.74, 6) is -0.563. The summed E-state index contributed by atoms with van der Waals surface area (Å²) in [5.41, 5.74) is 7.68. The first-order chi connectivity index (χ1) is 14.0. The number of amides is 1. The second-order valence-corrected chi connectivity index (χ2v) is 8.44. The van der Waals surface area contributed by atoms with Crippen LogP contribution in [0.15, 0.2) is 65.8 Å². The molecule has 0 fully saturated rings. The number of aromatic nitrogens is 2. The van der Waals surface area contributed by atoms with Gasteiger partial charge in [0, 0.05) is 24.6 Å². The summed E-state index contributed by atoms with van der Waals surface area (Å²) in [4.78, 5) is 20.3. The minimum atomic E-state index is -3.78. The van der Waals surface area contributed by atoms with E-state index in [2.05, 4.69) is 15.3 Å². The van der Waals surface area contributed by atoms with E-state index in [1.54, 1.807) is 12.1 Å². The van der Waals surface area contributed by atoms with Crippen molar-refractivity contribution in [3.8, 4) is 0 Å². The molecule has 0 bridgehead atoms. The molecule has 2 heterocycles. The maximum Gasteiger partial charge on any atom is 0.278 e. The molecule has 0 saturated heterocycles. The summed E-state index contributed by atoms with van der Waals surface area (Å²) in [6.45, 7) is 0.409. The number of nitrogens with zero attached hydrogens (tertiary/aromatic N) is 3. The number of anilines is 3. The molecule has 0 spiro atoms. The maximum atomic E-state index is 13.3. The van der Waals surface area contributed by atoms with Gasteiger partial charge in [-0.05, 0) is 42.7 Å². The maximum absolute atomic E-state index is 13.3. The molecule has 4 rings (SSSR count). The molecule has 8 nitrogen and oxygen atoms in total. The lowest BCUT2D eigenvalue weighted by molar-refractivity contribution is 0.102. The fourth-order valence-corrected chi connectivity index (χ4v) is 4.91. The zero-order valence-corrected chi connectivity index (χ0v) is 16.3. The molecule has 0 saturated carbocycles. The first-order valence-corrected chi connectivity index (χ1v) is 10.5. The Morgan fingerprint density at radius 2 is 1.86 bits per heavy atom. The first-order valence-electron chi connectivity index (χ1n) is 9.05. The normalized spacial score (nSPS) is 13.6. The summed E-state index contributed by atoms with van der Waals surface area (Å²) in [5, 5.41) is 2.63. The van der Waals surface area contributed by atoms with E-state index in [0.29, 0.717) is 17.9 Å². The van der Waals surface area contributed by atoms with E-state index in [0.717, 1.165) is 18.4 Å². The fraction of sp³-hybridized carbons (Fsp3) is 0.150. The van der Waals surface area contributed by atoms with Crippen molar-refractivity contribution in [1.29, 1.82) is 0 Å². The quantitative estimate of drug-likeness (QED) is 0.683. The van der Waals surface area contributed by atoms with Gasteiger partial charge in [-0.1, -0.05) is 24.3 Å². The van der Waals surface area contributed by atoms with Gasteiger partial charge in [0.25, 0.3) is 15.9 Å². The van der Waals surface area contributed by atoms with Gasteiger partial charge in [0.2, 0.25) is 0 Å². The molecule has 29 heavy (non-hydrogen) atoms. The molecular weight excluding hydrogens is 390 g/mol. The molecule has 1 aromatic heterocycles. The van der Waals surface area contributed by atoms with Gasteiger partial charge in [-0.25, -0.2) is 18.4 Å². The summed E-state index contributed by atoms with van der Waals surface area (Å²) in [7, 11) is -3.78. The van der Waals surface area contributed by atoms with Gasteiger partial charge in [0.05, 0.1) is 10.6 Å². The van der Waals surface area contributed by atoms with Crippen molar-refractivity contribution < 1.29 is 13.2 Å². The van der Waals surface area contributed by atoms with Crippen LogP contribution in [0.5, 0.6) is 0 Å². The largest absolute Gasteiger partial charge is 0.382 e. The Kier molecular flexibility index (Phi) is 4.89. The predicted molar refractivity (Wildman–Crippen MR) is 110 cm³/mol. The Labute approximate surface area is 168 Å². The first kappa shape index (κ1) is 18.9. The van der Waals surface area contributed by atoms with Crippen LogP contribution in [0, 0.1) is 0 Å². The van der Waals surface area contributed by atoms with Crippen LogP contribution in [0.25, 0.3) is 0 Å². The van der Waals surface area contributed by atoms with Crippen molar-refractivity contribution in [2.24, 2.45) is 0 Å². The lowest BCUT2D eigenvalue weighted by atomic mass is 10.0. The number of hydrogen-bond donors (Lipinski definition) is 2. The van der Waals surface area contributed by atoms with E-state index in [1.807, 2.05) is 24.3 Å². The fourth-order valence-electron chi connectivity index (χ4n) is 3.32. The van der Waals surface area contributed by atoms with Gasteiger partial charge in [0.1, 0.15) is 0 Å². The van der Waals surface area contributed by atoms with Crippen LogP contribution in [0.2, 0.25) is 0 Å². The van der Waals surface area contributed by atoms with Crippen LogP contribution in [0.1, 0.15) is 22.5 Å². The third-order valence-corrected chi connectivity index (χ3v) is 6.50. The van der Waals surface area contributed by atoms with Crippen LogP contribution in [-0.4, -0.2) is 30.8 Å². The molecule has 3 aromatic rings. The molecular formula is C20H19N5O3S. The third-order valence-electron chi connectivity index (χ3n) is 4.69. The number of nitrogens with one attached hydrogen (secondary N) is 1. The molecule has 2 aromatic carbocycles. The molecule has 0 radical (unpaired) electrons. The van der Waals surface area contributed by atoms with Crippen LogP contribution in [0.3, 0.4) is 0 Å². The van der Waals surface area contributed by atoms with E-state index < -0.39 is 15.9 Å². The predicted octanol–water partition coefficient (Wildman–Crippen LogP) is 2.45. The smallest absolute Gasteiger partial charge is 0.278 e. The SMILES string of the molecule is Nc1nccnc1C(=O)Nc1cccc(S(=O)(=O)N2CCCc3ccccc32)c1. The Morgan fingerprint density at radius 3 is 2.69 bits per heavy atom. The Bertz CT molecular complexity index is 1180. The number of aryl methyl sites for hydroxylation is 1. The number of nitrogens with two attached hydrogens (primary N) is 1. The number of carbonyl (C=O) groups excluding carboxylic acids is 1. The van der Waals surface area contributed by atoms with Crippen molar-refractivity contribution >= 4 is 33.1 Å². The molecule has 1 aliphatic rings. The highest BCUT2D eigenvalue weighted by Gasteiger charge is 2.29. The molecule has 0 unspecified atom stereocenters. The summed E-state index contributed by atoms with van der Waals surface area (Å²) in [6, 6.07) is 13.6. The van der Waals surface area contributed by atoms with Gasteiger partial charge in [0.15, 0.2) is 11.5 Å². The second-order valence-electron chi connectivity index (χ2n) is 6.58. The van der Waals surface area contributed by atoms with Crippen LogP contribution in [0.4, 0.5) is 17.2 Å². The van der Waals surface area contributed by atoms with E-state index in [1.165, 1.54) is 28.8 Å². The summed E-state index contributed by atoms with van der Waals surface area (Å²) < 4.78 is 28.0. The monoisotopic (exact) mass is 409 g/mol. The number of hydrogen-bond acceptors (Lipinski definition) is 6. The van der Waals surface area contributed by atoms with Crippen molar-refractivity contribution in [3.63, 3.8) is 0 Å². The molecule has 148 valence electrons. The summed E-state index contributed by atoms with van der Waals surface area (Å²) >= 11 is 0. The number of benzene rings is 2. The van der Waals surface area contributed by atoms with Gasteiger partial charge < -0.3 is 11.1 Å². The van der Waals surface area contributed by atoms with Gasteiger partial charge in [-0.3, -0.25) is 9.10 Å². The lowest BCUT2D eigenvalue weighted by Gasteiger charge is -2.30. The Morgan fingerprint density at radius 1 is 1.07 bits per heavy atom. The minimum absolute atomic E-state index is 0.00120. The Balaban J connectivity index is 1.64. The van der Waals surface area contributed by atoms with Crippen molar-refractivity contribution in [1.82, 2.24) is 9.97 Å². The molecule has 1 aliphatic heterocycles. The van der Waals surface area contributed by atoms with Crippen molar-refractivity contribution in [2.45, 2.75) is 17.7 Å². The minimum Gasteiger partial charge on any atom is -0.382 e. The highest BCUT2D eigenvalue weighted by atomic mass is 32.2. The molecule has 1 amide bonds. The molecule has 0 aliphatic carbocycles. The highest BCUT2D eigenvalue weighted by Crippen LogP contribution is 2.32. The van der Waals surface area contributed by atoms with Gasteiger partial charge in [-0.15, -0.1) is 0 Å². The van der Waals surface area contributed by atoms with E-state index in [9.17, 15) is 13.2 Å². The number of carbonyl (C=O) groups is 1. The topological polar surface area (TPSA) is 118 Å². The van der Waals surface area contributed by atoms with E-state index in [-0.39, 0.29) is 16.4 Å². The van der Waals surface area contributed by atoms with E-state index in [4.69, 9.17) is 5.73 Å². The highest BCUT2D eigenvalue weighted by molar-refractivity contribution is 7.92. The summed E-state index contributed by atoms with van der Waals surface area (Å²) in [6.07, 6.45) is 4.34. The number of rotatable bonds is 4. The third kappa shape index (κ3) is 3.64. The Hall–Kier alpha value is -3.46. The average Bonchev–Trinajstić information content (AvgIpc) is 2.73. The molecule has 9 heteroatoms. The molecule has 3 N–H and O–H groups in total. The molecule has 0 atom stereocenters. The van der Waals surface area contributed by atoms with Crippen molar-refractivity contribution in [2.75, 3.05) is 21.9 Å². The average molecular weight is 409 g/mol. The zero-order valence-electron chi connectivity index (χ0n) is 15.4. The van der Waals surface area contributed by atoms with E-state index >= 15 is 0 Å². The van der Waals surface area contributed by atoms with Gasteiger partial charge >= 0.3 is 0 Å². The van der Waals surface area contributed by atoms with Crippen molar-refractivity contribution in [3.05, 3.63) is 72.2 Å². The van der Waals surface area contributed by atoms with Crippen LogP contribution < -0.4 is 15.4 Å². The van der Waals surface area contributed by atoms with Gasteiger partial charge in [-0.2, -0.15) is 0 Å². The number of sulfonamides is 1. The lowest BCUT2D eigenvalue weighted by Crippen LogP contribution is -2.35. The zero-order chi connectivity index (χ0) is 20.4.